The van der Waals surface area contributed by atoms with Crippen LogP contribution < -0.4 is 5.32 Å². The second-order valence-electron chi connectivity index (χ2n) is 3.89. The van der Waals surface area contributed by atoms with Gasteiger partial charge in [0.1, 0.15) is 6.23 Å². The Morgan fingerprint density at radius 3 is 2.58 bits per heavy atom. The molecule has 0 aromatic carbocycles. The third-order valence-electron chi connectivity index (χ3n) is 2.47. The first-order chi connectivity index (χ1) is 8.87. The first-order valence-corrected chi connectivity index (χ1v) is 5.72. The molecule has 1 amide bonds. The molecule has 0 spiro atoms. The fourth-order valence-electron chi connectivity index (χ4n) is 1.33. The number of aliphatic hydroxyl groups excluding tert-OH is 2. The summed E-state index contributed by atoms with van der Waals surface area (Å²) in [7, 11) is 2.82. The molecular formula is C12H21FN2O4. The minimum atomic E-state index is -1.06. The van der Waals surface area contributed by atoms with Gasteiger partial charge in [-0.3, -0.25) is 9.69 Å². The predicted molar refractivity (Wildman–Crippen MR) is 68.4 cm³/mol. The lowest BCUT2D eigenvalue weighted by molar-refractivity contribution is -0.138. The molecule has 0 rings (SSSR count). The average Bonchev–Trinajstić information content (AvgIpc) is 2.40. The summed E-state index contributed by atoms with van der Waals surface area (Å²) in [5.74, 6) is -1.19. The highest BCUT2D eigenvalue weighted by molar-refractivity contribution is 5.74. The van der Waals surface area contributed by atoms with Gasteiger partial charge in [0.15, 0.2) is 5.83 Å². The fourth-order valence-corrected chi connectivity index (χ4v) is 1.33. The van der Waals surface area contributed by atoms with E-state index in [0.29, 0.717) is 0 Å². The van der Waals surface area contributed by atoms with Gasteiger partial charge in [0.25, 0.3) is 0 Å². The van der Waals surface area contributed by atoms with Crippen LogP contribution in [0.25, 0.3) is 0 Å². The Labute approximate surface area is 112 Å². The zero-order valence-corrected chi connectivity index (χ0v) is 11.4. The normalized spacial score (nSPS) is 14.7. The number of ether oxygens (including phenoxy) is 1. The second kappa shape index (κ2) is 8.63. The van der Waals surface area contributed by atoms with E-state index in [1.807, 2.05) is 0 Å². The highest BCUT2D eigenvalue weighted by Crippen LogP contribution is 2.14. The van der Waals surface area contributed by atoms with Gasteiger partial charge in [-0.2, -0.15) is 0 Å². The van der Waals surface area contributed by atoms with Crippen LogP contribution in [0.5, 0.6) is 0 Å². The first-order valence-electron chi connectivity index (χ1n) is 5.72. The van der Waals surface area contributed by atoms with E-state index in [9.17, 15) is 14.3 Å². The third-order valence-corrected chi connectivity index (χ3v) is 2.47. The Morgan fingerprint density at radius 1 is 1.63 bits per heavy atom. The molecule has 0 aromatic rings. The molecule has 0 fully saturated rings. The maximum atomic E-state index is 13.7. The summed E-state index contributed by atoms with van der Waals surface area (Å²) < 4.78 is 18.7. The lowest BCUT2D eigenvalue weighted by atomic mass is 10.2. The van der Waals surface area contributed by atoms with Crippen molar-refractivity contribution < 1.29 is 24.1 Å². The molecule has 0 heterocycles. The average molecular weight is 276 g/mol. The number of aliphatic hydroxyl groups is 2. The van der Waals surface area contributed by atoms with Crippen molar-refractivity contribution in [1.82, 2.24) is 10.2 Å². The van der Waals surface area contributed by atoms with Crippen molar-refractivity contribution in [3.63, 3.8) is 0 Å². The zero-order chi connectivity index (χ0) is 15.0. The number of likely N-dealkylation sites (N-methyl/N-ethyl adjacent to an activating group) is 1. The molecule has 3 N–H and O–H groups in total. The quantitative estimate of drug-likeness (QED) is 0.432. The summed E-state index contributed by atoms with van der Waals surface area (Å²) in [6.45, 7) is 4.19. The molecule has 19 heavy (non-hydrogen) atoms. The number of nitrogens with one attached hydrogen (secondary N) is 1. The minimum absolute atomic E-state index is 0.0174. The Bertz CT molecular complexity index is 347. The number of amides is 1. The molecule has 0 aliphatic heterocycles. The van der Waals surface area contributed by atoms with Crippen molar-refractivity contribution in [1.29, 1.82) is 0 Å². The van der Waals surface area contributed by atoms with E-state index in [-0.39, 0.29) is 12.1 Å². The lowest BCUT2D eigenvalue weighted by Crippen LogP contribution is -2.39. The Kier molecular flexibility index (Phi) is 7.97. The van der Waals surface area contributed by atoms with Crippen molar-refractivity contribution in [2.75, 3.05) is 20.8 Å². The Hall–Kier alpha value is -1.44. The molecular weight excluding hydrogens is 255 g/mol. The minimum Gasteiger partial charge on any atom is -0.394 e. The molecule has 0 saturated heterocycles. The largest absolute Gasteiger partial charge is 0.394 e. The molecule has 110 valence electrons. The highest BCUT2D eigenvalue weighted by atomic mass is 19.1. The molecule has 0 bridgehead atoms. The molecule has 6 nitrogen and oxygen atoms in total. The van der Waals surface area contributed by atoms with Crippen molar-refractivity contribution in [2.45, 2.75) is 25.7 Å². The Balaban J connectivity index is 5.07. The third kappa shape index (κ3) is 5.82. The summed E-state index contributed by atoms with van der Waals surface area (Å²) >= 11 is 0. The van der Waals surface area contributed by atoms with Gasteiger partial charge in [0, 0.05) is 33.7 Å². The van der Waals surface area contributed by atoms with Crippen LogP contribution in [0.3, 0.4) is 0 Å². The number of hydrogen-bond acceptors (Lipinski definition) is 5. The van der Waals surface area contributed by atoms with E-state index in [2.05, 4.69) is 11.9 Å². The summed E-state index contributed by atoms with van der Waals surface area (Å²) in [5.41, 5.74) is 0.0174. The summed E-state index contributed by atoms with van der Waals surface area (Å²) in [4.78, 5) is 12.5. The van der Waals surface area contributed by atoms with Gasteiger partial charge < -0.3 is 20.3 Å². The van der Waals surface area contributed by atoms with E-state index >= 15 is 0 Å². The van der Waals surface area contributed by atoms with Crippen LogP contribution in [0.15, 0.2) is 24.3 Å². The first kappa shape index (κ1) is 17.6. The summed E-state index contributed by atoms with van der Waals surface area (Å²) in [6.07, 6.45) is -1.03. The van der Waals surface area contributed by atoms with Crippen LogP contribution in [0.1, 0.15) is 13.3 Å². The number of hydrogen-bond donors (Lipinski definition) is 3. The standard InChI is InChI=1S/C12H21FN2O4/c1-8(14-3)11(13)6-15(9(2)17)12(19-4)5-10(18)7-16/h6,10,12,14,16,18H,1,5,7H2,2-4H3/b11-6+. The van der Waals surface area contributed by atoms with Gasteiger partial charge in [-0.1, -0.05) is 6.58 Å². The number of rotatable bonds is 8. The zero-order valence-electron chi connectivity index (χ0n) is 11.4. The van der Waals surface area contributed by atoms with Crippen molar-refractivity contribution in [3.8, 4) is 0 Å². The van der Waals surface area contributed by atoms with Gasteiger partial charge in [0.2, 0.25) is 5.91 Å². The molecule has 0 aliphatic rings. The maximum absolute atomic E-state index is 13.7. The van der Waals surface area contributed by atoms with E-state index in [1.54, 1.807) is 0 Å². The van der Waals surface area contributed by atoms with Gasteiger partial charge in [-0.05, 0) is 0 Å². The number of methoxy groups -OCH3 is 1. The van der Waals surface area contributed by atoms with Crippen molar-refractivity contribution >= 4 is 5.91 Å². The molecule has 0 saturated carbocycles. The van der Waals surface area contributed by atoms with Crippen molar-refractivity contribution in [2.24, 2.45) is 0 Å². The molecule has 2 unspecified atom stereocenters. The number of carbonyl (C=O) groups excluding carboxylic acids is 1. The number of allylic oxidation sites excluding steroid dienone is 1. The van der Waals surface area contributed by atoms with Crippen LogP contribution in [0.4, 0.5) is 4.39 Å². The topological polar surface area (TPSA) is 82.0 Å². The second-order valence-corrected chi connectivity index (χ2v) is 3.89. The van der Waals surface area contributed by atoms with Crippen LogP contribution in [0, 0.1) is 0 Å². The van der Waals surface area contributed by atoms with Gasteiger partial charge in [-0.25, -0.2) is 4.39 Å². The predicted octanol–water partition coefficient (Wildman–Crippen LogP) is 0.0947. The van der Waals surface area contributed by atoms with Crippen LogP contribution in [0.2, 0.25) is 0 Å². The van der Waals surface area contributed by atoms with Gasteiger partial charge in [0.05, 0.1) is 18.4 Å². The molecule has 0 aromatic heterocycles. The smallest absolute Gasteiger partial charge is 0.225 e. The maximum Gasteiger partial charge on any atom is 0.225 e. The fraction of sp³-hybridized carbons (Fsp3) is 0.583. The molecule has 0 radical (unpaired) electrons. The van der Waals surface area contributed by atoms with Crippen molar-refractivity contribution in [3.05, 3.63) is 24.3 Å². The van der Waals surface area contributed by atoms with E-state index in [1.165, 1.54) is 21.1 Å². The van der Waals surface area contributed by atoms with Gasteiger partial charge in [-0.15, -0.1) is 0 Å². The highest BCUT2D eigenvalue weighted by Gasteiger charge is 2.23. The summed E-state index contributed by atoms with van der Waals surface area (Å²) in [6, 6.07) is 0. The van der Waals surface area contributed by atoms with E-state index in [4.69, 9.17) is 9.84 Å². The summed E-state index contributed by atoms with van der Waals surface area (Å²) in [5, 5.41) is 20.7. The van der Waals surface area contributed by atoms with Gasteiger partial charge >= 0.3 is 0 Å². The molecule has 2 atom stereocenters. The lowest BCUT2D eigenvalue weighted by Gasteiger charge is -2.28. The van der Waals surface area contributed by atoms with Crippen LogP contribution >= 0.6 is 0 Å². The Morgan fingerprint density at radius 2 is 2.21 bits per heavy atom. The van der Waals surface area contributed by atoms with Crippen LogP contribution in [-0.2, 0) is 9.53 Å². The molecule has 7 heteroatoms. The molecule has 0 aliphatic carbocycles. The SMILES string of the molecule is C=C(NC)/C(F)=C\N(C(C)=O)C(CC(O)CO)OC. The van der Waals surface area contributed by atoms with Crippen LogP contribution in [-0.4, -0.2) is 54.1 Å². The number of halogens is 1. The number of carbonyl (C=O) groups is 1. The van der Waals surface area contributed by atoms with E-state index in [0.717, 1.165) is 11.1 Å². The number of nitrogens with zero attached hydrogens (tertiary/aromatic N) is 1. The van der Waals surface area contributed by atoms with E-state index < -0.39 is 30.7 Å². The monoisotopic (exact) mass is 276 g/mol.